The highest BCUT2D eigenvalue weighted by Gasteiger charge is 2.01. The second-order valence-electron chi connectivity index (χ2n) is 2.68. The van der Waals surface area contributed by atoms with Crippen LogP contribution >= 0.6 is 11.8 Å². The Morgan fingerprint density at radius 2 is 2.31 bits per heavy atom. The van der Waals surface area contributed by atoms with Crippen molar-refractivity contribution in [3.05, 3.63) is 36.4 Å². The molecule has 1 aromatic rings. The van der Waals surface area contributed by atoms with Gasteiger partial charge in [-0.15, -0.1) is 18.3 Å². The van der Waals surface area contributed by atoms with E-state index in [2.05, 4.69) is 25.0 Å². The molecule has 0 aliphatic heterocycles. The van der Waals surface area contributed by atoms with Gasteiger partial charge >= 0.3 is 0 Å². The van der Waals surface area contributed by atoms with E-state index >= 15 is 0 Å². The summed E-state index contributed by atoms with van der Waals surface area (Å²) in [5, 5.41) is 0. The molecule has 0 atom stereocenters. The van der Waals surface area contributed by atoms with Crippen molar-refractivity contribution in [2.45, 2.75) is 11.3 Å². The van der Waals surface area contributed by atoms with Gasteiger partial charge in [-0.2, -0.15) is 0 Å². The molecule has 0 saturated heterocycles. The summed E-state index contributed by atoms with van der Waals surface area (Å²) in [7, 11) is 1.70. The zero-order chi connectivity index (χ0) is 9.68. The Bertz CT molecular complexity index is 294. The van der Waals surface area contributed by atoms with Crippen molar-refractivity contribution >= 4 is 11.8 Å². The molecule has 0 aliphatic rings. The van der Waals surface area contributed by atoms with Crippen molar-refractivity contribution in [3.63, 3.8) is 0 Å². The predicted octanol–water partition coefficient (Wildman–Crippen LogP) is 3.15. The number of hydrogen-bond acceptors (Lipinski definition) is 2. The topological polar surface area (TPSA) is 9.23 Å². The van der Waals surface area contributed by atoms with Crippen molar-refractivity contribution < 1.29 is 4.74 Å². The number of ether oxygens (including phenoxy) is 1. The molecule has 0 spiro atoms. The van der Waals surface area contributed by atoms with E-state index in [1.165, 1.54) is 10.5 Å². The standard InChI is InChI=1S/C11H14OS/c1-4-5-9-6-7-10(12-2)11(8-9)13-3/h4,6-8H,1,5H2,2-3H3. The van der Waals surface area contributed by atoms with Crippen molar-refractivity contribution in [3.8, 4) is 5.75 Å². The highest BCUT2D eigenvalue weighted by Crippen LogP contribution is 2.28. The minimum absolute atomic E-state index is 0.914. The van der Waals surface area contributed by atoms with Crippen LogP contribution in [0.2, 0.25) is 0 Å². The minimum atomic E-state index is 0.914. The van der Waals surface area contributed by atoms with Crippen LogP contribution < -0.4 is 4.74 Å². The Morgan fingerprint density at radius 1 is 1.54 bits per heavy atom. The average Bonchev–Trinajstić information content (AvgIpc) is 2.18. The molecule has 70 valence electrons. The Balaban J connectivity index is 2.98. The summed E-state index contributed by atoms with van der Waals surface area (Å²) >= 11 is 1.70. The number of methoxy groups -OCH3 is 1. The monoisotopic (exact) mass is 194 g/mol. The molecule has 0 fully saturated rings. The normalized spacial score (nSPS) is 9.69. The quantitative estimate of drug-likeness (QED) is 0.538. The third-order valence-electron chi connectivity index (χ3n) is 1.83. The molecule has 0 aromatic heterocycles. The van der Waals surface area contributed by atoms with Crippen molar-refractivity contribution in [1.29, 1.82) is 0 Å². The number of allylic oxidation sites excluding steroid dienone is 1. The summed E-state index contributed by atoms with van der Waals surface area (Å²) < 4.78 is 5.22. The van der Waals surface area contributed by atoms with Gasteiger partial charge in [0.2, 0.25) is 0 Å². The van der Waals surface area contributed by atoms with E-state index in [0.29, 0.717) is 0 Å². The molecule has 0 heterocycles. The number of hydrogen-bond donors (Lipinski definition) is 0. The Morgan fingerprint density at radius 3 is 2.85 bits per heavy atom. The fourth-order valence-electron chi connectivity index (χ4n) is 1.17. The van der Waals surface area contributed by atoms with Crippen LogP contribution in [-0.2, 0) is 6.42 Å². The summed E-state index contributed by atoms with van der Waals surface area (Å²) in [6.45, 7) is 3.72. The second kappa shape index (κ2) is 4.97. The lowest BCUT2D eigenvalue weighted by Gasteiger charge is -2.07. The maximum atomic E-state index is 5.22. The summed E-state index contributed by atoms with van der Waals surface area (Å²) in [6, 6.07) is 6.22. The van der Waals surface area contributed by atoms with Crippen LogP contribution in [0.4, 0.5) is 0 Å². The lowest BCUT2D eigenvalue weighted by Crippen LogP contribution is -1.88. The molecular weight excluding hydrogens is 180 g/mol. The maximum absolute atomic E-state index is 5.22. The third kappa shape index (κ3) is 2.52. The van der Waals surface area contributed by atoms with Crippen molar-refractivity contribution in [2.75, 3.05) is 13.4 Å². The lowest BCUT2D eigenvalue weighted by molar-refractivity contribution is 0.404. The Labute approximate surface area is 83.8 Å². The van der Waals surface area contributed by atoms with E-state index in [1.807, 2.05) is 12.1 Å². The number of rotatable bonds is 4. The van der Waals surface area contributed by atoms with Crippen LogP contribution in [0.15, 0.2) is 35.7 Å². The third-order valence-corrected chi connectivity index (χ3v) is 2.59. The van der Waals surface area contributed by atoms with Gasteiger partial charge in [-0.25, -0.2) is 0 Å². The first-order valence-electron chi connectivity index (χ1n) is 4.13. The van der Waals surface area contributed by atoms with E-state index < -0.39 is 0 Å². The van der Waals surface area contributed by atoms with E-state index in [1.54, 1.807) is 18.9 Å². The Kier molecular flexibility index (Phi) is 3.90. The van der Waals surface area contributed by atoms with Gasteiger partial charge in [-0.05, 0) is 30.4 Å². The fraction of sp³-hybridized carbons (Fsp3) is 0.273. The molecule has 0 bridgehead atoms. The van der Waals surface area contributed by atoms with Gasteiger partial charge in [0.05, 0.1) is 7.11 Å². The molecule has 1 rings (SSSR count). The molecular formula is C11H14OS. The van der Waals surface area contributed by atoms with E-state index in [-0.39, 0.29) is 0 Å². The molecule has 0 unspecified atom stereocenters. The van der Waals surface area contributed by atoms with Gasteiger partial charge in [-0.3, -0.25) is 0 Å². The second-order valence-corrected chi connectivity index (χ2v) is 3.53. The van der Waals surface area contributed by atoms with Crippen LogP contribution in [0, 0.1) is 0 Å². The molecule has 1 nitrogen and oxygen atoms in total. The summed E-state index contributed by atoms with van der Waals surface area (Å²) in [6.07, 6.45) is 4.87. The van der Waals surface area contributed by atoms with Crippen molar-refractivity contribution in [2.24, 2.45) is 0 Å². The smallest absolute Gasteiger partial charge is 0.132 e. The first-order valence-corrected chi connectivity index (χ1v) is 5.36. The minimum Gasteiger partial charge on any atom is -0.496 e. The first-order chi connectivity index (χ1) is 6.31. The fourth-order valence-corrected chi connectivity index (χ4v) is 1.80. The lowest BCUT2D eigenvalue weighted by atomic mass is 10.1. The summed E-state index contributed by atoms with van der Waals surface area (Å²) in [5.41, 5.74) is 1.28. The zero-order valence-corrected chi connectivity index (χ0v) is 8.86. The van der Waals surface area contributed by atoms with Crippen LogP contribution in [0.5, 0.6) is 5.75 Å². The average molecular weight is 194 g/mol. The van der Waals surface area contributed by atoms with Gasteiger partial charge in [0.1, 0.15) is 5.75 Å². The molecule has 1 aromatic carbocycles. The SMILES string of the molecule is C=CCc1ccc(OC)c(SC)c1. The van der Waals surface area contributed by atoms with E-state index in [0.717, 1.165) is 12.2 Å². The van der Waals surface area contributed by atoms with Crippen LogP contribution in [0.3, 0.4) is 0 Å². The summed E-state index contributed by atoms with van der Waals surface area (Å²) in [4.78, 5) is 1.18. The van der Waals surface area contributed by atoms with Crippen LogP contribution in [0.25, 0.3) is 0 Å². The highest BCUT2D eigenvalue weighted by atomic mass is 32.2. The van der Waals surface area contributed by atoms with Gasteiger partial charge in [-0.1, -0.05) is 12.1 Å². The molecule has 0 amide bonds. The zero-order valence-electron chi connectivity index (χ0n) is 8.04. The molecule has 0 saturated carbocycles. The van der Waals surface area contributed by atoms with Crippen LogP contribution in [0.1, 0.15) is 5.56 Å². The number of benzene rings is 1. The number of thioether (sulfide) groups is 1. The van der Waals surface area contributed by atoms with Gasteiger partial charge in [0.25, 0.3) is 0 Å². The maximum Gasteiger partial charge on any atom is 0.132 e. The largest absolute Gasteiger partial charge is 0.496 e. The highest BCUT2D eigenvalue weighted by molar-refractivity contribution is 7.98. The van der Waals surface area contributed by atoms with E-state index in [9.17, 15) is 0 Å². The molecule has 0 radical (unpaired) electrons. The molecule has 2 heteroatoms. The Hall–Kier alpha value is -0.890. The summed E-state index contributed by atoms with van der Waals surface area (Å²) in [5.74, 6) is 0.945. The van der Waals surface area contributed by atoms with Crippen LogP contribution in [-0.4, -0.2) is 13.4 Å². The van der Waals surface area contributed by atoms with E-state index in [4.69, 9.17) is 4.74 Å². The molecule has 13 heavy (non-hydrogen) atoms. The molecule has 0 aliphatic carbocycles. The van der Waals surface area contributed by atoms with Gasteiger partial charge < -0.3 is 4.74 Å². The van der Waals surface area contributed by atoms with Gasteiger partial charge in [0.15, 0.2) is 0 Å². The molecule has 0 N–H and O–H groups in total. The van der Waals surface area contributed by atoms with Gasteiger partial charge in [0, 0.05) is 4.90 Å². The van der Waals surface area contributed by atoms with Crippen molar-refractivity contribution in [1.82, 2.24) is 0 Å². The first kappa shape index (κ1) is 10.2. The predicted molar refractivity (Wildman–Crippen MR) is 58.7 cm³/mol.